The van der Waals surface area contributed by atoms with Crippen LogP contribution < -0.4 is 15.2 Å². The maximum Gasteiger partial charge on any atom is 0.244 e. The van der Waals surface area contributed by atoms with Crippen LogP contribution >= 0.6 is 11.6 Å². The molecule has 0 aliphatic heterocycles. The molecule has 4 rings (SSSR count). The molecule has 0 amide bonds. The van der Waals surface area contributed by atoms with Crippen LogP contribution in [0, 0.1) is 0 Å². The molecule has 2 heterocycles. The maximum atomic E-state index is 12.8. The number of unbranched alkanes of at least 4 members (excludes halogenated alkanes) is 2. The average molecular weight is 516 g/mol. The Labute approximate surface area is 210 Å². The van der Waals surface area contributed by atoms with Crippen molar-refractivity contribution in [2.75, 3.05) is 19.4 Å². The third kappa shape index (κ3) is 5.37. The summed E-state index contributed by atoms with van der Waals surface area (Å²) in [6.45, 7) is 3.14. The number of pyridine rings is 1. The number of aromatic nitrogens is 3. The maximum absolute atomic E-state index is 12.8. The van der Waals surface area contributed by atoms with Gasteiger partial charge in [-0.1, -0.05) is 43.1 Å². The van der Waals surface area contributed by atoms with E-state index < -0.39 is 10.0 Å². The Morgan fingerprint density at radius 2 is 1.91 bits per heavy atom. The number of halogens is 1. The Bertz CT molecular complexity index is 1450. The fourth-order valence-electron chi connectivity index (χ4n) is 4.21. The van der Waals surface area contributed by atoms with Gasteiger partial charge < -0.3 is 15.0 Å². The number of nitrogens with zero attached hydrogens (tertiary/aromatic N) is 3. The van der Waals surface area contributed by atoms with E-state index in [4.69, 9.17) is 27.1 Å². The highest BCUT2D eigenvalue weighted by Crippen LogP contribution is 2.30. The standard InChI is InChI=1S/C25H30ClN5O3S/c1-3-4-11-22-30-23-24(18-9-5-6-10-19(18)29-25(23)27)31(22)15-8-7-14-28-35(32,33)21-16-17(26)12-13-20(21)34-2/h5-6,9-10,12-13,16,28H,3-4,7-8,11,14-15H2,1-2H3,(H2,27,29). The van der Waals surface area contributed by atoms with E-state index in [1.54, 1.807) is 12.1 Å². The van der Waals surface area contributed by atoms with Crippen LogP contribution in [0.5, 0.6) is 5.75 Å². The minimum atomic E-state index is -3.75. The lowest BCUT2D eigenvalue weighted by Crippen LogP contribution is -2.25. The molecule has 0 radical (unpaired) electrons. The van der Waals surface area contributed by atoms with Gasteiger partial charge in [0.15, 0.2) is 5.82 Å². The molecule has 2 aromatic heterocycles. The highest BCUT2D eigenvalue weighted by atomic mass is 35.5. The lowest BCUT2D eigenvalue weighted by Gasteiger charge is -2.12. The van der Waals surface area contributed by atoms with Crippen molar-refractivity contribution in [3.63, 3.8) is 0 Å². The summed E-state index contributed by atoms with van der Waals surface area (Å²) in [4.78, 5) is 9.40. The molecular weight excluding hydrogens is 486 g/mol. The zero-order valence-electron chi connectivity index (χ0n) is 19.9. The Morgan fingerprint density at radius 3 is 2.69 bits per heavy atom. The van der Waals surface area contributed by atoms with E-state index in [2.05, 4.69) is 21.2 Å². The van der Waals surface area contributed by atoms with Crippen LogP contribution in [0.2, 0.25) is 5.02 Å². The fraction of sp³-hybridized carbons (Fsp3) is 0.360. The van der Waals surface area contributed by atoms with Gasteiger partial charge in [-0.3, -0.25) is 0 Å². The van der Waals surface area contributed by atoms with Crippen molar-refractivity contribution in [1.82, 2.24) is 19.3 Å². The summed E-state index contributed by atoms with van der Waals surface area (Å²) >= 11 is 6.00. The molecule has 0 fully saturated rings. The normalized spacial score (nSPS) is 12.0. The van der Waals surface area contributed by atoms with Crippen LogP contribution in [0.1, 0.15) is 38.4 Å². The summed E-state index contributed by atoms with van der Waals surface area (Å²) in [6, 6.07) is 12.5. The predicted octanol–water partition coefficient (Wildman–Crippen LogP) is 4.93. The summed E-state index contributed by atoms with van der Waals surface area (Å²) in [5, 5.41) is 1.35. The zero-order chi connectivity index (χ0) is 25.0. The molecule has 0 aliphatic rings. The Morgan fingerprint density at radius 1 is 1.11 bits per heavy atom. The number of hydrogen-bond donors (Lipinski definition) is 2. The fourth-order valence-corrected chi connectivity index (χ4v) is 5.71. The van der Waals surface area contributed by atoms with Crippen molar-refractivity contribution in [3.8, 4) is 5.75 Å². The summed E-state index contributed by atoms with van der Waals surface area (Å²) in [5.41, 5.74) is 8.82. The van der Waals surface area contributed by atoms with Crippen LogP contribution in [0.4, 0.5) is 5.82 Å². The molecule has 0 saturated heterocycles. The zero-order valence-corrected chi connectivity index (χ0v) is 21.5. The van der Waals surface area contributed by atoms with Crippen molar-refractivity contribution >= 4 is 49.4 Å². The van der Waals surface area contributed by atoms with Gasteiger partial charge in [0.05, 0.1) is 18.1 Å². The third-order valence-electron chi connectivity index (χ3n) is 5.96. The van der Waals surface area contributed by atoms with Crippen LogP contribution in [-0.2, 0) is 23.0 Å². The number of aryl methyl sites for hydroxylation is 2. The average Bonchev–Trinajstić information content (AvgIpc) is 3.21. The molecule has 2 aromatic carbocycles. The van der Waals surface area contributed by atoms with E-state index in [0.717, 1.165) is 53.4 Å². The summed E-state index contributed by atoms with van der Waals surface area (Å²) in [6.07, 6.45) is 4.34. The Balaban J connectivity index is 1.52. The van der Waals surface area contributed by atoms with Crippen LogP contribution in [0.3, 0.4) is 0 Å². The first-order valence-electron chi connectivity index (χ1n) is 11.7. The molecular formula is C25H30ClN5O3S. The number of hydrogen-bond acceptors (Lipinski definition) is 6. The lowest BCUT2D eigenvalue weighted by atomic mass is 10.2. The number of nitrogens with two attached hydrogens (primary N) is 1. The highest BCUT2D eigenvalue weighted by Gasteiger charge is 2.20. The first kappa shape index (κ1) is 25.2. The molecule has 0 unspecified atom stereocenters. The van der Waals surface area contributed by atoms with Crippen LogP contribution in [-0.4, -0.2) is 36.6 Å². The second-order valence-corrected chi connectivity index (χ2v) is 10.6. The van der Waals surface area contributed by atoms with E-state index in [-0.39, 0.29) is 10.6 Å². The van der Waals surface area contributed by atoms with E-state index in [1.165, 1.54) is 13.2 Å². The number of sulfonamides is 1. The number of methoxy groups -OCH3 is 1. The number of fused-ring (bicyclic) bond motifs is 3. The number of nitrogens with one attached hydrogen (secondary N) is 1. The van der Waals surface area contributed by atoms with Crippen molar-refractivity contribution in [2.24, 2.45) is 0 Å². The predicted molar refractivity (Wildman–Crippen MR) is 140 cm³/mol. The van der Waals surface area contributed by atoms with Gasteiger partial charge in [-0.25, -0.2) is 23.1 Å². The first-order valence-corrected chi connectivity index (χ1v) is 13.6. The van der Waals surface area contributed by atoms with Crippen molar-refractivity contribution < 1.29 is 13.2 Å². The van der Waals surface area contributed by atoms with Gasteiger partial charge in [0.25, 0.3) is 0 Å². The van der Waals surface area contributed by atoms with Crippen LogP contribution in [0.15, 0.2) is 47.4 Å². The second-order valence-electron chi connectivity index (χ2n) is 8.39. The van der Waals surface area contributed by atoms with Gasteiger partial charge in [-0.15, -0.1) is 0 Å². The van der Waals surface area contributed by atoms with Crippen molar-refractivity contribution in [2.45, 2.75) is 50.5 Å². The number of benzene rings is 2. The monoisotopic (exact) mass is 515 g/mol. The number of imidazole rings is 1. The second kappa shape index (κ2) is 10.8. The number of rotatable bonds is 11. The van der Waals surface area contributed by atoms with E-state index in [9.17, 15) is 8.42 Å². The largest absolute Gasteiger partial charge is 0.495 e. The van der Waals surface area contributed by atoms with Crippen molar-refractivity contribution in [1.29, 1.82) is 0 Å². The molecule has 0 atom stereocenters. The summed E-state index contributed by atoms with van der Waals surface area (Å²) in [5.74, 6) is 1.67. The molecule has 0 bridgehead atoms. The van der Waals surface area contributed by atoms with E-state index in [0.29, 0.717) is 30.4 Å². The number of nitrogen functional groups attached to an aromatic ring is 1. The van der Waals surface area contributed by atoms with Crippen LogP contribution in [0.25, 0.3) is 21.9 Å². The lowest BCUT2D eigenvalue weighted by molar-refractivity contribution is 0.402. The minimum Gasteiger partial charge on any atom is -0.495 e. The van der Waals surface area contributed by atoms with Gasteiger partial charge >= 0.3 is 0 Å². The van der Waals surface area contributed by atoms with Gasteiger partial charge in [-0.05, 0) is 43.5 Å². The molecule has 10 heteroatoms. The smallest absolute Gasteiger partial charge is 0.244 e. The van der Waals surface area contributed by atoms with Gasteiger partial charge in [0, 0.05) is 29.9 Å². The topological polar surface area (TPSA) is 112 Å². The molecule has 0 spiro atoms. The quantitative estimate of drug-likeness (QED) is 0.274. The molecule has 186 valence electrons. The number of ether oxygens (including phenoxy) is 1. The molecule has 3 N–H and O–H groups in total. The molecule has 0 aliphatic carbocycles. The van der Waals surface area contributed by atoms with E-state index in [1.807, 2.05) is 24.3 Å². The molecule has 0 saturated carbocycles. The Kier molecular flexibility index (Phi) is 7.78. The highest BCUT2D eigenvalue weighted by molar-refractivity contribution is 7.89. The molecule has 4 aromatic rings. The van der Waals surface area contributed by atoms with Gasteiger partial charge in [0.1, 0.15) is 22.0 Å². The number of anilines is 1. The van der Waals surface area contributed by atoms with Crippen molar-refractivity contribution in [3.05, 3.63) is 53.3 Å². The Hall–Kier alpha value is -2.88. The van der Waals surface area contributed by atoms with Gasteiger partial charge in [0.2, 0.25) is 10.0 Å². The molecule has 35 heavy (non-hydrogen) atoms. The SMILES string of the molecule is CCCCc1nc2c(N)nc3ccccc3c2n1CCCCNS(=O)(=O)c1cc(Cl)ccc1OC. The van der Waals surface area contributed by atoms with E-state index >= 15 is 0 Å². The first-order chi connectivity index (χ1) is 16.9. The third-order valence-corrected chi connectivity index (χ3v) is 7.68. The number of para-hydroxylation sites is 1. The minimum absolute atomic E-state index is 0.0319. The molecule has 8 nitrogen and oxygen atoms in total. The van der Waals surface area contributed by atoms with Gasteiger partial charge in [-0.2, -0.15) is 0 Å². The summed E-state index contributed by atoms with van der Waals surface area (Å²) in [7, 11) is -2.32. The summed E-state index contributed by atoms with van der Waals surface area (Å²) < 4.78 is 35.7.